The molecule has 1 aromatic rings. The molecule has 1 aromatic carbocycles. The number of rotatable bonds is 2. The lowest BCUT2D eigenvalue weighted by molar-refractivity contribution is -0.263. The predicted molar refractivity (Wildman–Crippen MR) is 53.1 cm³/mol. The summed E-state index contributed by atoms with van der Waals surface area (Å²) in [6.07, 6.45) is -1.81. The second kappa shape index (κ2) is 4.72. The Bertz CT molecular complexity index is 301. The summed E-state index contributed by atoms with van der Waals surface area (Å²) in [5, 5.41) is 18.4. The van der Waals surface area contributed by atoms with Gasteiger partial charge in [-0.05, 0) is 0 Å². The molecule has 1 aliphatic rings. The van der Waals surface area contributed by atoms with Crippen molar-refractivity contribution in [1.82, 2.24) is 0 Å². The molecule has 1 aliphatic heterocycles. The van der Waals surface area contributed by atoms with Crippen molar-refractivity contribution in [2.45, 2.75) is 18.5 Å². The molecule has 1 heterocycles. The van der Waals surface area contributed by atoms with Crippen LogP contribution in [0.15, 0.2) is 30.3 Å². The second-order valence-corrected chi connectivity index (χ2v) is 3.50. The van der Waals surface area contributed by atoms with Gasteiger partial charge in [-0.3, -0.25) is 0 Å². The topological polar surface area (TPSA) is 58.9 Å². The van der Waals surface area contributed by atoms with Crippen molar-refractivity contribution in [2.24, 2.45) is 0 Å². The number of ether oxygens (including phenoxy) is 2. The van der Waals surface area contributed by atoms with Crippen LogP contribution >= 0.6 is 0 Å². The highest BCUT2D eigenvalue weighted by atomic mass is 16.7. The van der Waals surface area contributed by atoms with Crippen LogP contribution in [-0.4, -0.2) is 35.6 Å². The molecule has 1 unspecified atom stereocenters. The molecular formula is C11H14O4. The fourth-order valence-corrected chi connectivity index (χ4v) is 1.53. The number of hydrogen-bond acceptors (Lipinski definition) is 4. The van der Waals surface area contributed by atoms with Crippen LogP contribution in [0.2, 0.25) is 0 Å². The van der Waals surface area contributed by atoms with Gasteiger partial charge >= 0.3 is 0 Å². The van der Waals surface area contributed by atoms with Crippen molar-refractivity contribution in [3.63, 3.8) is 0 Å². The Morgan fingerprint density at radius 3 is 2.67 bits per heavy atom. The molecule has 82 valence electrons. The van der Waals surface area contributed by atoms with Crippen molar-refractivity contribution in [3.8, 4) is 0 Å². The van der Waals surface area contributed by atoms with Gasteiger partial charge in [-0.25, -0.2) is 0 Å². The van der Waals surface area contributed by atoms with Crippen LogP contribution in [0.1, 0.15) is 11.9 Å². The Balaban J connectivity index is 2.06. The van der Waals surface area contributed by atoms with E-state index in [2.05, 4.69) is 0 Å². The summed E-state index contributed by atoms with van der Waals surface area (Å²) in [7, 11) is 0. The zero-order valence-electron chi connectivity index (χ0n) is 8.24. The first-order valence-electron chi connectivity index (χ1n) is 4.92. The van der Waals surface area contributed by atoms with Crippen LogP contribution < -0.4 is 0 Å². The van der Waals surface area contributed by atoms with E-state index >= 15 is 0 Å². The van der Waals surface area contributed by atoms with Gasteiger partial charge in [-0.15, -0.1) is 0 Å². The van der Waals surface area contributed by atoms with E-state index in [1.165, 1.54) is 0 Å². The fourth-order valence-electron chi connectivity index (χ4n) is 1.53. The monoisotopic (exact) mass is 210 g/mol. The van der Waals surface area contributed by atoms with Crippen molar-refractivity contribution in [1.29, 1.82) is 0 Å². The molecule has 0 radical (unpaired) electrons. The zero-order chi connectivity index (χ0) is 10.7. The second-order valence-electron chi connectivity index (χ2n) is 3.50. The molecule has 3 atom stereocenters. The Hall–Kier alpha value is -0.940. The van der Waals surface area contributed by atoms with Crippen LogP contribution in [0.25, 0.3) is 0 Å². The highest BCUT2D eigenvalue weighted by molar-refractivity contribution is 5.16. The molecule has 0 aliphatic carbocycles. The summed E-state index contributed by atoms with van der Waals surface area (Å²) >= 11 is 0. The fraction of sp³-hybridized carbons (Fsp3) is 0.455. The first kappa shape index (κ1) is 10.6. The number of aliphatic hydroxyl groups is 2. The first-order valence-corrected chi connectivity index (χ1v) is 4.92. The van der Waals surface area contributed by atoms with E-state index < -0.39 is 18.5 Å². The van der Waals surface area contributed by atoms with E-state index in [-0.39, 0.29) is 13.2 Å². The summed E-state index contributed by atoms with van der Waals surface area (Å²) in [6.45, 7) is -0.0152. The molecule has 4 heteroatoms. The standard InChI is InChI=1S/C11H14O4/c12-6-10-9(13)7-14-11(15-10)8-4-2-1-3-5-8/h1-5,9-13H,6-7H2/t9-,10+,11?/m0/s1. The Kier molecular flexibility index (Phi) is 3.33. The highest BCUT2D eigenvalue weighted by Crippen LogP contribution is 2.25. The quantitative estimate of drug-likeness (QED) is 0.744. The summed E-state index contributed by atoms with van der Waals surface area (Å²) < 4.78 is 10.7. The maximum atomic E-state index is 9.42. The molecule has 0 saturated carbocycles. The Morgan fingerprint density at radius 2 is 2.00 bits per heavy atom. The van der Waals surface area contributed by atoms with Crippen LogP contribution in [0, 0.1) is 0 Å². The third kappa shape index (κ3) is 2.35. The smallest absolute Gasteiger partial charge is 0.184 e. The summed E-state index contributed by atoms with van der Waals surface area (Å²) in [5.74, 6) is 0. The molecular weight excluding hydrogens is 196 g/mol. The van der Waals surface area contributed by atoms with E-state index in [1.54, 1.807) is 0 Å². The van der Waals surface area contributed by atoms with Crippen LogP contribution in [0.4, 0.5) is 0 Å². The lowest BCUT2D eigenvalue weighted by Gasteiger charge is -2.33. The van der Waals surface area contributed by atoms with Crippen molar-refractivity contribution < 1.29 is 19.7 Å². The maximum Gasteiger partial charge on any atom is 0.184 e. The molecule has 1 saturated heterocycles. The Labute approximate surface area is 88.1 Å². The summed E-state index contributed by atoms with van der Waals surface area (Å²) in [6, 6.07) is 9.46. The molecule has 0 spiro atoms. The van der Waals surface area contributed by atoms with Crippen molar-refractivity contribution >= 4 is 0 Å². The van der Waals surface area contributed by atoms with Gasteiger partial charge in [-0.1, -0.05) is 30.3 Å². The molecule has 0 aromatic heterocycles. The normalized spacial score (nSPS) is 31.5. The van der Waals surface area contributed by atoms with Crippen LogP contribution in [0.3, 0.4) is 0 Å². The number of hydrogen-bond donors (Lipinski definition) is 2. The molecule has 2 N–H and O–H groups in total. The van der Waals surface area contributed by atoms with Crippen LogP contribution in [-0.2, 0) is 9.47 Å². The van der Waals surface area contributed by atoms with Gasteiger partial charge in [0.05, 0.1) is 13.2 Å². The van der Waals surface area contributed by atoms with E-state index in [0.717, 1.165) is 5.56 Å². The minimum absolute atomic E-state index is 0.185. The minimum atomic E-state index is -0.755. The molecule has 2 rings (SSSR count). The van der Waals surface area contributed by atoms with Crippen molar-refractivity contribution in [3.05, 3.63) is 35.9 Å². The zero-order valence-corrected chi connectivity index (χ0v) is 8.24. The lowest BCUT2D eigenvalue weighted by Crippen LogP contribution is -2.42. The van der Waals surface area contributed by atoms with E-state index in [9.17, 15) is 5.11 Å². The van der Waals surface area contributed by atoms with Gasteiger partial charge in [-0.2, -0.15) is 0 Å². The third-order valence-corrected chi connectivity index (χ3v) is 2.40. The average molecular weight is 210 g/mol. The van der Waals surface area contributed by atoms with Gasteiger partial charge in [0.1, 0.15) is 12.2 Å². The van der Waals surface area contributed by atoms with Gasteiger partial charge < -0.3 is 19.7 Å². The lowest BCUT2D eigenvalue weighted by atomic mass is 10.1. The predicted octanol–water partition coefficient (Wildman–Crippen LogP) is 0.454. The molecule has 1 fully saturated rings. The maximum absolute atomic E-state index is 9.42. The molecule has 4 nitrogen and oxygen atoms in total. The van der Waals surface area contributed by atoms with E-state index in [0.29, 0.717) is 0 Å². The van der Waals surface area contributed by atoms with Gasteiger partial charge in [0, 0.05) is 5.56 Å². The molecule has 15 heavy (non-hydrogen) atoms. The SMILES string of the molecule is OC[C@H]1OC(c2ccccc2)OC[C@@H]1O. The molecule has 0 amide bonds. The Morgan fingerprint density at radius 1 is 1.27 bits per heavy atom. The van der Waals surface area contributed by atoms with Gasteiger partial charge in [0.25, 0.3) is 0 Å². The van der Waals surface area contributed by atoms with Gasteiger partial charge in [0.15, 0.2) is 6.29 Å². The number of benzene rings is 1. The average Bonchev–Trinajstić information content (AvgIpc) is 2.31. The van der Waals surface area contributed by atoms with E-state index in [1.807, 2.05) is 30.3 Å². The van der Waals surface area contributed by atoms with E-state index in [4.69, 9.17) is 14.6 Å². The van der Waals surface area contributed by atoms with Crippen molar-refractivity contribution in [2.75, 3.05) is 13.2 Å². The third-order valence-electron chi connectivity index (χ3n) is 2.40. The van der Waals surface area contributed by atoms with Gasteiger partial charge in [0.2, 0.25) is 0 Å². The summed E-state index contributed by atoms with van der Waals surface area (Å²) in [4.78, 5) is 0. The number of aliphatic hydroxyl groups excluding tert-OH is 2. The minimum Gasteiger partial charge on any atom is -0.394 e. The molecule has 0 bridgehead atoms. The summed E-state index contributed by atoms with van der Waals surface area (Å²) in [5.41, 5.74) is 0.892. The first-order chi connectivity index (χ1) is 7.31. The van der Waals surface area contributed by atoms with Crippen LogP contribution in [0.5, 0.6) is 0 Å². The highest BCUT2D eigenvalue weighted by Gasteiger charge is 2.30. The largest absolute Gasteiger partial charge is 0.394 e.